The molecule has 0 radical (unpaired) electrons. The van der Waals surface area contributed by atoms with Gasteiger partial charge >= 0.3 is 6.03 Å². The molecule has 0 saturated carbocycles. The third kappa shape index (κ3) is 33.3. The normalized spacial score (nSPS) is 13.1. The maximum absolute atomic E-state index is 11.4. The molecule has 0 bridgehead atoms. The lowest BCUT2D eigenvalue weighted by Crippen LogP contribution is -2.52. The van der Waals surface area contributed by atoms with Gasteiger partial charge in [0.05, 0.1) is 11.2 Å². The Balaban J connectivity index is -0.000000398. The van der Waals surface area contributed by atoms with Gasteiger partial charge in [-0.25, -0.2) is 4.79 Å². The summed E-state index contributed by atoms with van der Waals surface area (Å²) in [6.45, 7) is 35.8. The number of nitrogens with one attached hydrogen (secondary N) is 3. The van der Waals surface area contributed by atoms with Gasteiger partial charge in [-0.1, -0.05) is 20.8 Å². The Hall–Kier alpha value is -1.30. The largest absolute Gasteiger partial charge is 0.370 e. The zero-order valence-electron chi connectivity index (χ0n) is 24.7. The molecule has 0 heterocycles. The van der Waals surface area contributed by atoms with Gasteiger partial charge in [0, 0.05) is 22.0 Å². The van der Waals surface area contributed by atoms with Crippen molar-refractivity contribution in [2.75, 3.05) is 0 Å². The second-order valence-electron chi connectivity index (χ2n) is 14.4. The van der Waals surface area contributed by atoms with Crippen LogP contribution >= 0.6 is 0 Å². The van der Waals surface area contributed by atoms with Crippen LogP contribution in [0.5, 0.6) is 0 Å². The van der Waals surface area contributed by atoms with Crippen molar-refractivity contribution >= 4 is 11.9 Å². The van der Waals surface area contributed by atoms with Gasteiger partial charge in [-0.2, -0.15) is 0 Å². The maximum Gasteiger partial charge on any atom is 0.315 e. The van der Waals surface area contributed by atoms with E-state index in [9.17, 15) is 9.59 Å². The maximum atomic E-state index is 11.4. The zero-order valence-corrected chi connectivity index (χ0v) is 24.7. The van der Waals surface area contributed by atoms with Crippen LogP contribution < -0.4 is 16.0 Å². The average molecular weight is 460 g/mol. The van der Waals surface area contributed by atoms with E-state index in [1.165, 1.54) is 0 Å². The Kier molecular flexibility index (Phi) is 13.5. The first-order valence-corrected chi connectivity index (χ1v) is 11.6. The summed E-state index contributed by atoms with van der Waals surface area (Å²) in [5, 5.41) is 8.57. The van der Waals surface area contributed by atoms with Crippen molar-refractivity contribution < 1.29 is 14.3 Å². The molecule has 0 spiro atoms. The van der Waals surface area contributed by atoms with Crippen LogP contribution in [0.3, 0.4) is 0 Å². The summed E-state index contributed by atoms with van der Waals surface area (Å²) in [6.07, 6.45) is 0. The molecule has 0 saturated heterocycles. The number of hydrogen-bond donors (Lipinski definition) is 3. The number of hydrogen-bond acceptors (Lipinski definition) is 3. The highest BCUT2D eigenvalue weighted by atomic mass is 16.5. The molecule has 0 aliphatic heterocycles. The molecule has 0 unspecified atom stereocenters. The van der Waals surface area contributed by atoms with Crippen LogP contribution in [0.2, 0.25) is 0 Å². The van der Waals surface area contributed by atoms with E-state index >= 15 is 0 Å². The first kappa shape index (κ1) is 35.3. The number of carbonyl (C=O) groups excluding carboxylic acids is 2. The summed E-state index contributed by atoms with van der Waals surface area (Å²) < 4.78 is 5.62. The minimum Gasteiger partial charge on any atom is -0.370 e. The Bertz CT molecular complexity index is 526. The van der Waals surface area contributed by atoms with Gasteiger partial charge in [-0.3, -0.25) is 4.79 Å². The molecule has 0 atom stereocenters. The fourth-order valence-electron chi connectivity index (χ4n) is 2.16. The van der Waals surface area contributed by atoms with E-state index in [1.807, 2.05) is 83.1 Å². The van der Waals surface area contributed by atoms with Crippen LogP contribution in [0.1, 0.15) is 125 Å². The fourth-order valence-corrected chi connectivity index (χ4v) is 2.16. The van der Waals surface area contributed by atoms with Crippen molar-refractivity contribution in [1.29, 1.82) is 0 Å². The van der Waals surface area contributed by atoms with E-state index in [1.54, 1.807) is 0 Å². The van der Waals surface area contributed by atoms with Crippen LogP contribution in [-0.4, -0.2) is 39.8 Å². The van der Waals surface area contributed by atoms with Crippen molar-refractivity contribution in [2.24, 2.45) is 5.41 Å². The van der Waals surface area contributed by atoms with Gasteiger partial charge < -0.3 is 20.7 Å². The van der Waals surface area contributed by atoms with E-state index < -0.39 is 0 Å². The molecule has 3 amide bonds. The SMILES string of the molecule is CC(C)(C)NC(=O)C(C)(C)C.CC(C)(C)NC(=O)NC(C)(C)C.CC(C)(C)OC(C)(C)C. The molecule has 0 aliphatic rings. The van der Waals surface area contributed by atoms with Crippen molar-refractivity contribution in [2.45, 2.75) is 152 Å². The second-order valence-corrected chi connectivity index (χ2v) is 14.4. The molecule has 0 aliphatic carbocycles. The monoisotopic (exact) mass is 459 g/mol. The quantitative estimate of drug-likeness (QED) is 0.390. The van der Waals surface area contributed by atoms with Crippen LogP contribution in [0.4, 0.5) is 4.79 Å². The van der Waals surface area contributed by atoms with Crippen molar-refractivity contribution in [3.05, 3.63) is 0 Å². The number of ether oxygens (including phenoxy) is 1. The summed E-state index contributed by atoms with van der Waals surface area (Å²) in [7, 11) is 0. The summed E-state index contributed by atoms with van der Waals surface area (Å²) in [5.41, 5.74) is -0.779. The van der Waals surface area contributed by atoms with E-state index in [4.69, 9.17) is 4.74 Å². The smallest absolute Gasteiger partial charge is 0.315 e. The van der Waals surface area contributed by atoms with Crippen LogP contribution in [0.25, 0.3) is 0 Å². The van der Waals surface area contributed by atoms with Crippen molar-refractivity contribution in [3.8, 4) is 0 Å². The predicted molar refractivity (Wildman–Crippen MR) is 139 cm³/mol. The Morgan fingerprint density at radius 3 is 0.812 bits per heavy atom. The Morgan fingerprint density at radius 1 is 0.469 bits per heavy atom. The standard InChI is InChI=1S/C9H20N2O.C9H19NO.C8H18O/c1-8(2,3)10-7(12)11-9(4,5)6;1-8(2,3)7(11)10-9(4,5)6;1-7(2,3)9-8(4,5)6/h1-6H3,(H2,10,11,12);1-6H3,(H,10,11);1-6H3. The Morgan fingerprint density at radius 2 is 0.719 bits per heavy atom. The number of carbonyl (C=O) groups is 2. The molecule has 0 fully saturated rings. The highest BCUT2D eigenvalue weighted by molar-refractivity contribution is 5.81. The first-order valence-electron chi connectivity index (χ1n) is 11.6. The summed E-state index contributed by atoms with van der Waals surface area (Å²) in [5.74, 6) is 0.102. The molecule has 0 rings (SSSR count). The minimum absolute atomic E-state index is 0.0156. The lowest BCUT2D eigenvalue weighted by atomic mass is 9.94. The summed E-state index contributed by atoms with van der Waals surface area (Å²) >= 11 is 0. The number of amides is 3. The molecule has 0 aromatic carbocycles. The van der Waals surface area contributed by atoms with E-state index in [0.29, 0.717) is 0 Å². The molecule has 0 aromatic rings. The number of urea groups is 1. The molecule has 194 valence electrons. The van der Waals surface area contributed by atoms with Gasteiger partial charge in [0.1, 0.15) is 0 Å². The molecule has 0 aromatic heterocycles. The van der Waals surface area contributed by atoms with Gasteiger partial charge in [0.25, 0.3) is 0 Å². The highest BCUT2D eigenvalue weighted by Gasteiger charge is 2.25. The van der Waals surface area contributed by atoms with Gasteiger partial charge in [0.15, 0.2) is 0 Å². The molecule has 32 heavy (non-hydrogen) atoms. The molecular formula is C26H57N3O3. The predicted octanol–water partition coefficient (Wildman–Crippen LogP) is 6.43. The lowest BCUT2D eigenvalue weighted by molar-refractivity contribution is -0.130. The van der Waals surface area contributed by atoms with Gasteiger partial charge in [0.2, 0.25) is 5.91 Å². The molecule has 6 nitrogen and oxygen atoms in total. The topological polar surface area (TPSA) is 79.5 Å². The fraction of sp³-hybridized carbons (Fsp3) is 0.923. The number of rotatable bonds is 0. The first-order chi connectivity index (χ1) is 13.4. The minimum atomic E-state index is -0.284. The van der Waals surface area contributed by atoms with E-state index in [2.05, 4.69) is 57.5 Å². The third-order valence-corrected chi connectivity index (χ3v) is 2.76. The third-order valence-electron chi connectivity index (χ3n) is 2.76. The van der Waals surface area contributed by atoms with Crippen LogP contribution in [0.15, 0.2) is 0 Å². The van der Waals surface area contributed by atoms with Crippen LogP contribution in [0, 0.1) is 5.41 Å². The summed E-state index contributed by atoms with van der Waals surface area (Å²) in [4.78, 5) is 22.6. The van der Waals surface area contributed by atoms with Gasteiger partial charge in [-0.15, -0.1) is 0 Å². The average Bonchev–Trinajstić information content (AvgIpc) is 2.26. The van der Waals surface area contributed by atoms with Crippen molar-refractivity contribution in [3.63, 3.8) is 0 Å². The zero-order chi connectivity index (χ0) is 27.0. The lowest BCUT2D eigenvalue weighted by Gasteiger charge is -2.30. The molecule has 3 N–H and O–H groups in total. The van der Waals surface area contributed by atoms with Crippen molar-refractivity contribution in [1.82, 2.24) is 16.0 Å². The van der Waals surface area contributed by atoms with E-state index in [0.717, 1.165) is 0 Å². The molecular weight excluding hydrogens is 402 g/mol. The highest BCUT2D eigenvalue weighted by Crippen LogP contribution is 2.18. The Labute approximate surface area is 200 Å². The second kappa shape index (κ2) is 12.2. The molecule has 6 heteroatoms. The van der Waals surface area contributed by atoms with Crippen LogP contribution in [-0.2, 0) is 9.53 Å². The van der Waals surface area contributed by atoms with Gasteiger partial charge in [-0.05, 0) is 104 Å². The summed E-state index contributed by atoms with van der Waals surface area (Å²) in [6, 6.07) is -0.116. The van der Waals surface area contributed by atoms with E-state index in [-0.39, 0.29) is 45.2 Å².